The first-order valence-corrected chi connectivity index (χ1v) is 5.69. The summed E-state index contributed by atoms with van der Waals surface area (Å²) in [6.07, 6.45) is 2.14. The molecule has 0 amide bonds. The lowest BCUT2D eigenvalue weighted by Crippen LogP contribution is -2.37. The lowest BCUT2D eigenvalue weighted by atomic mass is 9.88. The number of methoxy groups -OCH3 is 1. The summed E-state index contributed by atoms with van der Waals surface area (Å²) >= 11 is 0. The van der Waals surface area contributed by atoms with Crippen LogP contribution in [0.1, 0.15) is 24.0 Å². The van der Waals surface area contributed by atoms with Gasteiger partial charge in [0.05, 0.1) is 7.11 Å². The maximum atomic E-state index is 10.6. The molecule has 0 heterocycles. The molecule has 0 spiro atoms. The summed E-state index contributed by atoms with van der Waals surface area (Å²) in [6, 6.07) is 5.79. The molecule has 1 fully saturated rings. The molecule has 3 heteroatoms. The summed E-state index contributed by atoms with van der Waals surface area (Å²) in [5, 5.41) is 10.6. The third-order valence-electron chi connectivity index (χ3n) is 3.46. The minimum absolute atomic E-state index is 0.281. The molecule has 0 bridgehead atoms. The molecule has 1 atom stereocenters. The van der Waals surface area contributed by atoms with Crippen LogP contribution in [0.4, 0.5) is 0 Å². The molecule has 1 aliphatic carbocycles. The standard InChI is InChI=1S/C13H19NO2/c1-9-7-11(5-6-12(9)16-2)13(15,8-14)10-3-4-10/h5-7,10,15H,3-4,8,14H2,1-2H3. The number of benzene rings is 1. The normalized spacial score (nSPS) is 19.2. The SMILES string of the molecule is COc1ccc(C(O)(CN)C2CC2)cc1C. The molecule has 0 aromatic heterocycles. The fourth-order valence-corrected chi connectivity index (χ4v) is 2.23. The van der Waals surface area contributed by atoms with Crippen LogP contribution in [0, 0.1) is 12.8 Å². The first-order chi connectivity index (χ1) is 7.61. The topological polar surface area (TPSA) is 55.5 Å². The van der Waals surface area contributed by atoms with Gasteiger partial charge in [-0.25, -0.2) is 0 Å². The van der Waals surface area contributed by atoms with Gasteiger partial charge in [-0.05, 0) is 48.9 Å². The summed E-state index contributed by atoms with van der Waals surface area (Å²) in [4.78, 5) is 0. The third-order valence-corrected chi connectivity index (χ3v) is 3.46. The first kappa shape index (κ1) is 11.4. The van der Waals surface area contributed by atoms with Crippen molar-refractivity contribution in [3.63, 3.8) is 0 Å². The van der Waals surface area contributed by atoms with E-state index in [4.69, 9.17) is 10.5 Å². The fourth-order valence-electron chi connectivity index (χ4n) is 2.23. The van der Waals surface area contributed by atoms with E-state index in [1.54, 1.807) is 7.11 Å². The van der Waals surface area contributed by atoms with E-state index in [2.05, 4.69) is 0 Å². The Hall–Kier alpha value is -1.06. The van der Waals surface area contributed by atoms with E-state index in [0.717, 1.165) is 29.7 Å². The molecule has 1 aromatic rings. The van der Waals surface area contributed by atoms with Gasteiger partial charge < -0.3 is 15.6 Å². The number of nitrogens with two attached hydrogens (primary N) is 1. The van der Waals surface area contributed by atoms with Crippen molar-refractivity contribution in [2.45, 2.75) is 25.4 Å². The Labute approximate surface area is 96.2 Å². The van der Waals surface area contributed by atoms with Crippen molar-refractivity contribution in [1.29, 1.82) is 0 Å². The lowest BCUT2D eigenvalue weighted by molar-refractivity contribution is 0.0221. The Bertz CT molecular complexity index is 388. The minimum Gasteiger partial charge on any atom is -0.496 e. The molecule has 1 saturated carbocycles. The van der Waals surface area contributed by atoms with Crippen molar-refractivity contribution in [2.75, 3.05) is 13.7 Å². The molecule has 16 heavy (non-hydrogen) atoms. The molecular weight excluding hydrogens is 202 g/mol. The number of ether oxygens (including phenoxy) is 1. The molecule has 0 saturated heterocycles. The molecule has 0 radical (unpaired) electrons. The maximum absolute atomic E-state index is 10.6. The molecule has 88 valence electrons. The van der Waals surface area contributed by atoms with E-state index >= 15 is 0 Å². The number of aliphatic hydroxyl groups is 1. The van der Waals surface area contributed by atoms with E-state index in [1.165, 1.54) is 0 Å². The van der Waals surface area contributed by atoms with E-state index < -0.39 is 5.60 Å². The van der Waals surface area contributed by atoms with E-state index in [1.807, 2.05) is 25.1 Å². The predicted octanol–water partition coefficient (Wildman–Crippen LogP) is 1.56. The Morgan fingerprint density at radius 1 is 1.50 bits per heavy atom. The highest BCUT2D eigenvalue weighted by atomic mass is 16.5. The van der Waals surface area contributed by atoms with E-state index in [9.17, 15) is 5.11 Å². The van der Waals surface area contributed by atoms with Gasteiger partial charge in [-0.3, -0.25) is 0 Å². The molecule has 3 nitrogen and oxygen atoms in total. The van der Waals surface area contributed by atoms with Gasteiger partial charge in [0.2, 0.25) is 0 Å². The van der Waals surface area contributed by atoms with Crippen LogP contribution >= 0.6 is 0 Å². The fraction of sp³-hybridized carbons (Fsp3) is 0.538. The van der Waals surface area contributed by atoms with Gasteiger partial charge in [0.15, 0.2) is 0 Å². The summed E-state index contributed by atoms with van der Waals surface area (Å²) < 4.78 is 5.21. The predicted molar refractivity (Wildman–Crippen MR) is 63.4 cm³/mol. The molecule has 1 aromatic carbocycles. The number of hydrogen-bond donors (Lipinski definition) is 2. The Morgan fingerprint density at radius 2 is 2.19 bits per heavy atom. The number of aryl methyl sites for hydroxylation is 1. The Balaban J connectivity index is 2.35. The van der Waals surface area contributed by atoms with Crippen LogP contribution in [0.2, 0.25) is 0 Å². The molecular formula is C13H19NO2. The van der Waals surface area contributed by atoms with Gasteiger partial charge in [-0.1, -0.05) is 6.07 Å². The maximum Gasteiger partial charge on any atom is 0.121 e. The van der Waals surface area contributed by atoms with Gasteiger partial charge in [-0.15, -0.1) is 0 Å². The van der Waals surface area contributed by atoms with Crippen LogP contribution in [-0.4, -0.2) is 18.8 Å². The summed E-state index contributed by atoms with van der Waals surface area (Å²) in [7, 11) is 1.65. The quantitative estimate of drug-likeness (QED) is 0.811. The summed E-state index contributed by atoms with van der Waals surface area (Å²) in [5.74, 6) is 1.17. The van der Waals surface area contributed by atoms with Gasteiger partial charge >= 0.3 is 0 Å². The Kier molecular flexibility index (Phi) is 2.91. The molecule has 3 N–H and O–H groups in total. The average molecular weight is 221 g/mol. The second kappa shape index (κ2) is 4.07. The zero-order valence-corrected chi connectivity index (χ0v) is 9.86. The zero-order chi connectivity index (χ0) is 11.8. The average Bonchev–Trinajstić information content (AvgIpc) is 3.12. The molecule has 0 aliphatic heterocycles. The first-order valence-electron chi connectivity index (χ1n) is 5.69. The largest absolute Gasteiger partial charge is 0.496 e. The van der Waals surface area contributed by atoms with Crippen molar-refractivity contribution >= 4 is 0 Å². The highest BCUT2D eigenvalue weighted by Gasteiger charge is 2.44. The van der Waals surface area contributed by atoms with Crippen LogP contribution in [0.15, 0.2) is 18.2 Å². The highest BCUT2D eigenvalue weighted by molar-refractivity contribution is 5.39. The summed E-state index contributed by atoms with van der Waals surface area (Å²) in [5.41, 5.74) is 6.82. The van der Waals surface area contributed by atoms with Crippen molar-refractivity contribution in [3.8, 4) is 5.75 Å². The van der Waals surface area contributed by atoms with E-state index in [-0.39, 0.29) is 6.54 Å². The van der Waals surface area contributed by atoms with Gasteiger partial charge in [0.1, 0.15) is 11.4 Å². The Morgan fingerprint density at radius 3 is 2.62 bits per heavy atom. The second-order valence-electron chi connectivity index (χ2n) is 4.59. The van der Waals surface area contributed by atoms with Crippen LogP contribution in [0.5, 0.6) is 5.75 Å². The van der Waals surface area contributed by atoms with Crippen molar-refractivity contribution in [2.24, 2.45) is 11.7 Å². The number of rotatable bonds is 4. The monoisotopic (exact) mass is 221 g/mol. The van der Waals surface area contributed by atoms with Crippen LogP contribution in [0.25, 0.3) is 0 Å². The minimum atomic E-state index is -0.850. The summed E-state index contributed by atoms with van der Waals surface area (Å²) in [6.45, 7) is 2.26. The van der Waals surface area contributed by atoms with Gasteiger partial charge in [0, 0.05) is 6.54 Å². The van der Waals surface area contributed by atoms with Crippen LogP contribution in [-0.2, 0) is 5.60 Å². The zero-order valence-electron chi connectivity index (χ0n) is 9.86. The smallest absolute Gasteiger partial charge is 0.121 e. The lowest BCUT2D eigenvalue weighted by Gasteiger charge is -2.27. The molecule has 1 unspecified atom stereocenters. The second-order valence-corrected chi connectivity index (χ2v) is 4.59. The van der Waals surface area contributed by atoms with Gasteiger partial charge in [-0.2, -0.15) is 0 Å². The van der Waals surface area contributed by atoms with Crippen molar-refractivity contribution in [3.05, 3.63) is 29.3 Å². The van der Waals surface area contributed by atoms with Crippen LogP contribution < -0.4 is 10.5 Å². The van der Waals surface area contributed by atoms with E-state index in [0.29, 0.717) is 5.92 Å². The third kappa shape index (κ3) is 1.81. The number of hydrogen-bond acceptors (Lipinski definition) is 3. The molecule has 2 rings (SSSR count). The molecule has 1 aliphatic rings. The van der Waals surface area contributed by atoms with Crippen molar-refractivity contribution < 1.29 is 9.84 Å². The van der Waals surface area contributed by atoms with Gasteiger partial charge in [0.25, 0.3) is 0 Å². The highest BCUT2D eigenvalue weighted by Crippen LogP contribution is 2.45. The van der Waals surface area contributed by atoms with Crippen molar-refractivity contribution in [1.82, 2.24) is 0 Å². The van der Waals surface area contributed by atoms with Crippen LogP contribution in [0.3, 0.4) is 0 Å².